The molecule has 1 unspecified atom stereocenters. The highest BCUT2D eigenvalue weighted by Crippen LogP contribution is 2.49. The van der Waals surface area contributed by atoms with Gasteiger partial charge >= 0.3 is 0 Å². The molecule has 130 valence electrons. The van der Waals surface area contributed by atoms with Crippen molar-refractivity contribution in [2.24, 2.45) is 0 Å². The van der Waals surface area contributed by atoms with Crippen LogP contribution in [0.25, 0.3) is 0 Å². The number of ketones is 1. The predicted molar refractivity (Wildman–Crippen MR) is 102 cm³/mol. The molecule has 0 aliphatic heterocycles. The number of ether oxygens (including phenoxy) is 2. The molecule has 2 rings (SSSR count). The van der Waals surface area contributed by atoms with Gasteiger partial charge in [0.25, 0.3) is 0 Å². The summed E-state index contributed by atoms with van der Waals surface area (Å²) in [5.41, 5.74) is 1.82. The van der Waals surface area contributed by atoms with Gasteiger partial charge in [-0.1, -0.05) is 50.5 Å². The summed E-state index contributed by atoms with van der Waals surface area (Å²) in [5.74, 6) is 1.64. The third kappa shape index (κ3) is 3.20. The van der Waals surface area contributed by atoms with Crippen LogP contribution >= 0.6 is 0 Å². The Bertz CT molecular complexity index is 697. The van der Waals surface area contributed by atoms with Crippen molar-refractivity contribution in [2.75, 3.05) is 14.2 Å². The molecule has 0 saturated heterocycles. The van der Waals surface area contributed by atoms with Crippen molar-refractivity contribution < 1.29 is 14.3 Å². The molecular weight excluding hydrogens is 316 g/mol. The first kappa shape index (κ1) is 18.5. The van der Waals surface area contributed by atoms with Gasteiger partial charge in [0.15, 0.2) is 17.3 Å². The van der Waals surface area contributed by atoms with Crippen molar-refractivity contribution in [3.8, 4) is 11.5 Å². The zero-order chi connectivity index (χ0) is 18.1. The Morgan fingerprint density at radius 1 is 1.21 bits per heavy atom. The first-order valence-electron chi connectivity index (χ1n) is 8.31. The molecule has 0 spiro atoms. The number of hydrogen-bond donors (Lipinski definition) is 0. The lowest BCUT2D eigenvalue weighted by molar-refractivity contribution is -0.115. The average molecular weight is 345 g/mol. The van der Waals surface area contributed by atoms with Crippen molar-refractivity contribution in [1.29, 1.82) is 0 Å². The molecule has 0 aromatic heterocycles. The predicted octanol–water partition coefficient (Wildman–Crippen LogP) is 4.68. The van der Waals surface area contributed by atoms with Gasteiger partial charge in [-0.25, -0.2) is 0 Å². The van der Waals surface area contributed by atoms with Crippen molar-refractivity contribution >= 4 is 13.9 Å². The Balaban J connectivity index is 2.68. The van der Waals surface area contributed by atoms with E-state index in [1.54, 1.807) is 14.2 Å². The maximum absolute atomic E-state index is 12.1. The largest absolute Gasteiger partial charge is 0.493 e. The van der Waals surface area contributed by atoms with E-state index in [9.17, 15) is 4.79 Å². The average Bonchev–Trinajstić information content (AvgIpc) is 2.54. The second-order valence-electron chi connectivity index (χ2n) is 7.63. The van der Waals surface area contributed by atoms with Gasteiger partial charge in [0, 0.05) is 17.4 Å². The summed E-state index contributed by atoms with van der Waals surface area (Å²) in [4.78, 5) is 12.1. The van der Waals surface area contributed by atoms with Crippen LogP contribution in [-0.4, -0.2) is 28.1 Å². The number of carbonyl (C=O) groups excluding carboxylic acids is 1. The molecule has 1 atom stereocenters. The van der Waals surface area contributed by atoms with E-state index < -0.39 is 8.07 Å². The maximum atomic E-state index is 12.1. The fourth-order valence-electron chi connectivity index (χ4n) is 3.33. The minimum absolute atomic E-state index is 0.184. The summed E-state index contributed by atoms with van der Waals surface area (Å²) in [6.07, 6.45) is 3.10. The van der Waals surface area contributed by atoms with Gasteiger partial charge in [0.05, 0.1) is 22.3 Å². The standard InChI is InChI=1S/C20H28O3Si/c1-14(24(5,6)7)17-13-15(21)11-12-20(17,2)16-9-8-10-18(22-3)19(16)23-4/h8-10,13H,1,11-12H2,2-7H3. The number of carbonyl (C=O) groups is 1. The highest BCUT2D eigenvalue weighted by molar-refractivity contribution is 6.84. The van der Waals surface area contributed by atoms with Crippen molar-refractivity contribution in [3.05, 3.63) is 47.2 Å². The van der Waals surface area contributed by atoms with Gasteiger partial charge in [-0.05, 0) is 24.1 Å². The molecule has 3 nitrogen and oxygen atoms in total. The summed E-state index contributed by atoms with van der Waals surface area (Å²) < 4.78 is 11.1. The zero-order valence-corrected chi connectivity index (χ0v) is 16.7. The number of benzene rings is 1. The lowest BCUT2D eigenvalue weighted by Crippen LogP contribution is -2.37. The van der Waals surface area contributed by atoms with E-state index in [4.69, 9.17) is 9.47 Å². The van der Waals surface area contributed by atoms with Gasteiger partial charge in [-0.2, -0.15) is 0 Å². The third-order valence-corrected chi connectivity index (χ3v) is 7.08. The zero-order valence-electron chi connectivity index (χ0n) is 15.7. The van der Waals surface area contributed by atoms with Gasteiger partial charge in [0.2, 0.25) is 0 Å². The van der Waals surface area contributed by atoms with Crippen LogP contribution in [0.2, 0.25) is 19.6 Å². The molecule has 1 aromatic rings. The minimum Gasteiger partial charge on any atom is -0.493 e. The highest BCUT2D eigenvalue weighted by Gasteiger charge is 2.41. The fourth-order valence-corrected chi connectivity index (χ4v) is 4.48. The second kappa shape index (κ2) is 6.59. The van der Waals surface area contributed by atoms with Crippen LogP contribution in [0.5, 0.6) is 11.5 Å². The molecule has 1 aliphatic carbocycles. The molecule has 0 saturated carbocycles. The molecule has 0 heterocycles. The van der Waals surface area contributed by atoms with Crippen LogP contribution in [0.3, 0.4) is 0 Å². The van der Waals surface area contributed by atoms with Crippen molar-refractivity contribution in [1.82, 2.24) is 0 Å². The summed E-state index contributed by atoms with van der Waals surface area (Å²) in [7, 11) is 1.67. The third-order valence-electron chi connectivity index (χ3n) is 5.00. The smallest absolute Gasteiger partial charge is 0.164 e. The quantitative estimate of drug-likeness (QED) is 0.727. The Hall–Kier alpha value is -1.81. The van der Waals surface area contributed by atoms with Gasteiger partial charge in [-0.15, -0.1) is 0 Å². The SMILES string of the molecule is C=C(C1=CC(=O)CCC1(C)c1cccc(OC)c1OC)[Si](C)(C)C. The van der Waals surface area contributed by atoms with Crippen LogP contribution in [0.15, 0.2) is 41.6 Å². The monoisotopic (exact) mass is 344 g/mol. The Labute approximate surface area is 146 Å². The van der Waals surface area contributed by atoms with Crippen LogP contribution < -0.4 is 9.47 Å². The molecule has 0 fully saturated rings. The summed E-state index contributed by atoms with van der Waals surface area (Å²) in [6.45, 7) is 13.3. The van der Waals surface area contributed by atoms with Crippen molar-refractivity contribution in [2.45, 2.75) is 44.8 Å². The summed E-state index contributed by atoms with van der Waals surface area (Å²) in [6, 6.07) is 5.95. The Morgan fingerprint density at radius 3 is 2.42 bits per heavy atom. The first-order valence-corrected chi connectivity index (χ1v) is 11.8. The van der Waals surface area contributed by atoms with Crippen LogP contribution in [0, 0.1) is 0 Å². The molecule has 24 heavy (non-hydrogen) atoms. The van der Waals surface area contributed by atoms with E-state index in [-0.39, 0.29) is 11.2 Å². The van der Waals surface area contributed by atoms with Crippen LogP contribution in [0.1, 0.15) is 25.3 Å². The lowest BCUT2D eigenvalue weighted by Gasteiger charge is -2.40. The van der Waals surface area contributed by atoms with Gasteiger partial charge < -0.3 is 9.47 Å². The molecule has 4 heteroatoms. The minimum atomic E-state index is -1.64. The molecule has 0 bridgehead atoms. The highest BCUT2D eigenvalue weighted by atomic mass is 28.3. The number of methoxy groups -OCH3 is 2. The van der Waals surface area contributed by atoms with Gasteiger partial charge in [-0.3, -0.25) is 4.79 Å². The van der Waals surface area contributed by atoms with E-state index >= 15 is 0 Å². The number of allylic oxidation sites excluding steroid dienone is 3. The van der Waals surface area contributed by atoms with Gasteiger partial charge in [0.1, 0.15) is 0 Å². The van der Waals surface area contributed by atoms with Crippen molar-refractivity contribution in [3.63, 3.8) is 0 Å². The lowest BCUT2D eigenvalue weighted by atomic mass is 9.68. The first-order chi connectivity index (χ1) is 11.1. The summed E-state index contributed by atoms with van der Waals surface area (Å²) >= 11 is 0. The molecule has 0 amide bonds. The molecule has 0 radical (unpaired) electrons. The van der Waals surface area contributed by atoms with E-state index in [1.165, 1.54) is 0 Å². The van der Waals surface area contributed by atoms with Crippen LogP contribution in [0.4, 0.5) is 0 Å². The molecule has 0 N–H and O–H groups in total. The van der Waals surface area contributed by atoms with E-state index in [0.717, 1.165) is 28.5 Å². The normalized spacial score (nSPS) is 21.2. The van der Waals surface area contributed by atoms with E-state index in [1.807, 2.05) is 18.2 Å². The summed E-state index contributed by atoms with van der Waals surface area (Å²) in [5, 5.41) is 1.13. The maximum Gasteiger partial charge on any atom is 0.164 e. The molecule has 1 aliphatic rings. The Morgan fingerprint density at radius 2 is 1.88 bits per heavy atom. The second-order valence-corrected chi connectivity index (χ2v) is 12.7. The topological polar surface area (TPSA) is 35.5 Å². The number of hydrogen-bond acceptors (Lipinski definition) is 3. The van der Waals surface area contributed by atoms with Crippen LogP contribution in [-0.2, 0) is 10.2 Å². The number of para-hydroxylation sites is 1. The Kier molecular flexibility index (Phi) is 5.09. The fraction of sp³-hybridized carbons (Fsp3) is 0.450. The van der Waals surface area contributed by atoms with E-state index in [0.29, 0.717) is 12.2 Å². The number of rotatable bonds is 5. The van der Waals surface area contributed by atoms with E-state index in [2.05, 4.69) is 39.2 Å². The molecular formula is C20H28O3Si. The molecule has 1 aromatic carbocycles.